The van der Waals surface area contributed by atoms with E-state index in [9.17, 15) is 5.11 Å². The predicted octanol–water partition coefficient (Wildman–Crippen LogP) is 0.825. The first-order valence-electron chi connectivity index (χ1n) is 4.40. The van der Waals surface area contributed by atoms with Gasteiger partial charge in [0.15, 0.2) is 10.8 Å². The Morgan fingerprint density at radius 1 is 1.53 bits per heavy atom. The third kappa shape index (κ3) is 2.02. The van der Waals surface area contributed by atoms with Gasteiger partial charge in [-0.15, -0.1) is 0 Å². The van der Waals surface area contributed by atoms with Gasteiger partial charge < -0.3 is 10.4 Å². The molecule has 1 atom stereocenters. The molecule has 0 saturated carbocycles. The summed E-state index contributed by atoms with van der Waals surface area (Å²) in [6.07, 6.45) is 2.86. The first-order valence-corrected chi connectivity index (χ1v) is 5.63. The lowest BCUT2D eigenvalue weighted by atomic mass is 10.4. The lowest BCUT2D eigenvalue weighted by molar-refractivity contribution is 0.224. The number of fused-ring (bicyclic) bond motifs is 1. The molecule has 2 aromatic heterocycles. The quantitative estimate of drug-likeness (QED) is 0.407. The van der Waals surface area contributed by atoms with E-state index in [-0.39, 0.29) is 0 Å². The zero-order chi connectivity index (χ0) is 10.8. The minimum Gasteiger partial charge on any atom is -0.374 e. The molecule has 6 nitrogen and oxygen atoms in total. The first-order chi connectivity index (χ1) is 7.20. The van der Waals surface area contributed by atoms with Crippen LogP contribution in [0.5, 0.6) is 0 Å². The SMILES string of the molecule is CSc1nc(NC(C)O)c2cn[nH]c2n1. The van der Waals surface area contributed by atoms with Gasteiger partial charge in [-0.05, 0) is 13.2 Å². The van der Waals surface area contributed by atoms with Crippen molar-refractivity contribution < 1.29 is 5.11 Å². The van der Waals surface area contributed by atoms with Crippen LogP contribution < -0.4 is 5.32 Å². The molecular weight excluding hydrogens is 214 g/mol. The number of rotatable bonds is 3. The summed E-state index contributed by atoms with van der Waals surface area (Å²) < 4.78 is 0. The highest BCUT2D eigenvalue weighted by Crippen LogP contribution is 2.21. The molecule has 80 valence electrons. The Balaban J connectivity index is 2.53. The van der Waals surface area contributed by atoms with Gasteiger partial charge in [-0.25, -0.2) is 9.97 Å². The molecular formula is C8H11N5OS. The Kier molecular flexibility index (Phi) is 2.74. The van der Waals surface area contributed by atoms with Crippen LogP contribution in [0, 0.1) is 0 Å². The summed E-state index contributed by atoms with van der Waals surface area (Å²) in [7, 11) is 0. The molecule has 15 heavy (non-hydrogen) atoms. The van der Waals surface area contributed by atoms with E-state index in [0.29, 0.717) is 16.6 Å². The minimum atomic E-state index is -0.660. The highest BCUT2D eigenvalue weighted by atomic mass is 32.2. The zero-order valence-electron chi connectivity index (χ0n) is 8.35. The van der Waals surface area contributed by atoms with Crippen LogP contribution in [0.2, 0.25) is 0 Å². The molecule has 0 fully saturated rings. The molecule has 0 bridgehead atoms. The number of anilines is 1. The molecule has 1 unspecified atom stereocenters. The number of nitrogens with zero attached hydrogens (tertiary/aromatic N) is 3. The third-order valence-corrected chi connectivity index (χ3v) is 2.37. The van der Waals surface area contributed by atoms with Crippen LogP contribution in [0.4, 0.5) is 5.82 Å². The smallest absolute Gasteiger partial charge is 0.191 e. The van der Waals surface area contributed by atoms with E-state index in [0.717, 1.165) is 5.39 Å². The van der Waals surface area contributed by atoms with Crippen LogP contribution >= 0.6 is 11.8 Å². The largest absolute Gasteiger partial charge is 0.374 e. The molecule has 3 N–H and O–H groups in total. The summed E-state index contributed by atoms with van der Waals surface area (Å²) in [5.74, 6) is 0.591. The van der Waals surface area contributed by atoms with E-state index in [1.54, 1.807) is 13.1 Å². The Morgan fingerprint density at radius 3 is 3.00 bits per heavy atom. The lowest BCUT2D eigenvalue weighted by Crippen LogP contribution is -2.15. The molecule has 0 radical (unpaired) electrons. The summed E-state index contributed by atoms with van der Waals surface area (Å²) in [6, 6.07) is 0. The van der Waals surface area contributed by atoms with Crippen molar-refractivity contribution in [3.05, 3.63) is 6.20 Å². The van der Waals surface area contributed by atoms with Crippen molar-refractivity contribution in [3.63, 3.8) is 0 Å². The number of hydrogen-bond donors (Lipinski definition) is 3. The fourth-order valence-corrected chi connectivity index (χ4v) is 1.58. The average molecular weight is 225 g/mol. The highest BCUT2D eigenvalue weighted by Gasteiger charge is 2.09. The van der Waals surface area contributed by atoms with Crippen LogP contribution in [-0.2, 0) is 0 Å². The van der Waals surface area contributed by atoms with Crippen molar-refractivity contribution in [2.24, 2.45) is 0 Å². The summed E-state index contributed by atoms with van der Waals surface area (Å²) in [6.45, 7) is 1.63. The molecule has 2 heterocycles. The van der Waals surface area contributed by atoms with Crippen LogP contribution in [0.15, 0.2) is 11.4 Å². The van der Waals surface area contributed by atoms with E-state index in [1.165, 1.54) is 11.8 Å². The van der Waals surface area contributed by atoms with Gasteiger partial charge in [0.05, 0.1) is 11.6 Å². The summed E-state index contributed by atoms with van der Waals surface area (Å²) in [4.78, 5) is 8.49. The molecule has 0 amide bonds. The van der Waals surface area contributed by atoms with Gasteiger partial charge >= 0.3 is 0 Å². The summed E-state index contributed by atoms with van der Waals surface area (Å²) in [5, 5.41) is 20.2. The monoisotopic (exact) mass is 225 g/mol. The molecule has 0 saturated heterocycles. The molecule has 0 aromatic carbocycles. The number of H-pyrrole nitrogens is 1. The van der Waals surface area contributed by atoms with E-state index in [1.807, 2.05) is 6.26 Å². The average Bonchev–Trinajstić information content (AvgIpc) is 2.64. The Labute approximate surface area is 90.5 Å². The van der Waals surface area contributed by atoms with Gasteiger partial charge in [0.25, 0.3) is 0 Å². The number of aromatic nitrogens is 4. The maximum Gasteiger partial charge on any atom is 0.191 e. The van der Waals surface area contributed by atoms with Gasteiger partial charge in [0.1, 0.15) is 12.0 Å². The van der Waals surface area contributed by atoms with E-state index in [2.05, 4.69) is 25.5 Å². The Bertz CT molecular complexity index is 469. The van der Waals surface area contributed by atoms with Crippen molar-refractivity contribution in [3.8, 4) is 0 Å². The van der Waals surface area contributed by atoms with Crippen molar-refractivity contribution in [2.75, 3.05) is 11.6 Å². The van der Waals surface area contributed by atoms with Crippen molar-refractivity contribution in [2.45, 2.75) is 18.3 Å². The first kappa shape index (κ1) is 10.2. The minimum absolute atomic E-state index is 0.591. The number of aliphatic hydroxyl groups is 1. The molecule has 0 spiro atoms. The summed E-state index contributed by atoms with van der Waals surface area (Å²) in [5.41, 5.74) is 0.664. The van der Waals surface area contributed by atoms with E-state index in [4.69, 9.17) is 0 Å². The second-order valence-corrected chi connectivity index (χ2v) is 3.78. The van der Waals surface area contributed by atoms with Gasteiger partial charge in [-0.3, -0.25) is 5.10 Å². The van der Waals surface area contributed by atoms with E-state index < -0.39 is 6.23 Å². The second kappa shape index (κ2) is 4.03. The number of hydrogen-bond acceptors (Lipinski definition) is 6. The maximum atomic E-state index is 9.26. The molecule has 0 aliphatic carbocycles. The molecule has 2 rings (SSSR count). The fourth-order valence-electron chi connectivity index (χ4n) is 1.21. The molecule has 0 aliphatic rings. The van der Waals surface area contributed by atoms with Crippen molar-refractivity contribution in [1.29, 1.82) is 0 Å². The van der Waals surface area contributed by atoms with Crippen molar-refractivity contribution >= 4 is 28.6 Å². The van der Waals surface area contributed by atoms with Crippen LogP contribution in [-0.4, -0.2) is 37.8 Å². The van der Waals surface area contributed by atoms with Crippen LogP contribution in [0.1, 0.15) is 6.92 Å². The number of nitrogens with one attached hydrogen (secondary N) is 2. The lowest BCUT2D eigenvalue weighted by Gasteiger charge is -2.09. The predicted molar refractivity (Wildman–Crippen MR) is 58.8 cm³/mol. The Hall–Kier alpha value is -1.34. The van der Waals surface area contributed by atoms with Gasteiger partial charge in [0.2, 0.25) is 0 Å². The standard InChI is InChI=1S/C8H11N5OS/c1-4(14)10-6-5-3-9-13-7(5)12-8(11-6)15-2/h3-4,14H,1-2H3,(H2,9,10,11,12,13). The summed E-state index contributed by atoms with van der Waals surface area (Å²) >= 11 is 1.44. The van der Waals surface area contributed by atoms with Crippen molar-refractivity contribution in [1.82, 2.24) is 20.2 Å². The van der Waals surface area contributed by atoms with Gasteiger partial charge in [-0.2, -0.15) is 5.10 Å². The highest BCUT2D eigenvalue weighted by molar-refractivity contribution is 7.98. The van der Waals surface area contributed by atoms with Crippen LogP contribution in [0.3, 0.4) is 0 Å². The molecule has 7 heteroatoms. The van der Waals surface area contributed by atoms with Gasteiger partial charge in [0, 0.05) is 0 Å². The molecule has 0 aliphatic heterocycles. The fraction of sp³-hybridized carbons (Fsp3) is 0.375. The topological polar surface area (TPSA) is 86.7 Å². The number of thioether (sulfide) groups is 1. The maximum absolute atomic E-state index is 9.26. The second-order valence-electron chi connectivity index (χ2n) is 3.01. The van der Waals surface area contributed by atoms with E-state index >= 15 is 0 Å². The van der Waals surface area contributed by atoms with Crippen LogP contribution in [0.25, 0.3) is 11.0 Å². The normalized spacial score (nSPS) is 13.0. The zero-order valence-corrected chi connectivity index (χ0v) is 9.17. The number of aliphatic hydroxyl groups excluding tert-OH is 1. The number of aromatic amines is 1. The van der Waals surface area contributed by atoms with Gasteiger partial charge in [-0.1, -0.05) is 11.8 Å². The molecule has 2 aromatic rings. The third-order valence-electron chi connectivity index (χ3n) is 1.82. The Morgan fingerprint density at radius 2 is 2.33 bits per heavy atom.